The molecule has 13 heteroatoms. The number of carbonyl (C=O) groups is 3. The average Bonchev–Trinajstić information content (AvgIpc) is 2.94. The Balaban J connectivity index is 1.44. The summed E-state index contributed by atoms with van der Waals surface area (Å²) in [6, 6.07) is 17.0. The number of fused-ring (bicyclic) bond motifs is 1. The van der Waals surface area contributed by atoms with Crippen molar-refractivity contribution >= 4 is 64.1 Å². The highest BCUT2D eigenvalue weighted by atomic mass is 35.5. The molecule has 10 nitrogen and oxygen atoms in total. The largest absolute Gasteiger partial charge is 0.454 e. The molecule has 3 aromatic carbocycles. The number of carbonyl (C=O) groups excluding carboxylic acids is 3. The van der Waals surface area contributed by atoms with Crippen molar-refractivity contribution < 1.29 is 23.9 Å². The summed E-state index contributed by atoms with van der Waals surface area (Å²) in [4.78, 5) is 38.3. The second-order valence-electron chi connectivity index (χ2n) is 8.65. The molecular weight excluding hydrogens is 593 g/mol. The van der Waals surface area contributed by atoms with E-state index in [0.717, 1.165) is 11.1 Å². The van der Waals surface area contributed by atoms with Crippen molar-refractivity contribution in [3.8, 4) is 17.6 Å². The van der Waals surface area contributed by atoms with E-state index in [-0.39, 0.29) is 34.0 Å². The molecule has 1 aliphatic rings. The smallest absolute Gasteiger partial charge is 0.414 e. The van der Waals surface area contributed by atoms with Crippen LogP contribution in [0.2, 0.25) is 15.1 Å². The second-order valence-corrected chi connectivity index (χ2v) is 9.90. The van der Waals surface area contributed by atoms with Gasteiger partial charge in [0.05, 0.1) is 22.3 Å². The number of hydrazone groups is 1. The molecule has 41 heavy (non-hydrogen) atoms. The van der Waals surface area contributed by atoms with E-state index in [1.807, 2.05) is 17.4 Å². The molecule has 3 amide bonds. The summed E-state index contributed by atoms with van der Waals surface area (Å²) in [7, 11) is 0. The van der Waals surface area contributed by atoms with Gasteiger partial charge in [0.15, 0.2) is 5.75 Å². The number of halogens is 3. The molecule has 0 bridgehead atoms. The summed E-state index contributed by atoms with van der Waals surface area (Å²) in [5.41, 5.74) is 4.55. The molecule has 0 spiro atoms. The summed E-state index contributed by atoms with van der Waals surface area (Å²) in [6.45, 7) is 2.64. The fourth-order valence-electron chi connectivity index (χ4n) is 3.94. The molecule has 0 saturated heterocycles. The quantitative estimate of drug-likeness (QED) is 0.228. The van der Waals surface area contributed by atoms with Gasteiger partial charge in [-0.3, -0.25) is 20.3 Å². The summed E-state index contributed by atoms with van der Waals surface area (Å²) in [6.07, 6.45) is -0.367. The van der Waals surface area contributed by atoms with E-state index in [9.17, 15) is 19.6 Å². The molecule has 1 heterocycles. The van der Waals surface area contributed by atoms with Gasteiger partial charge in [0.25, 0.3) is 11.8 Å². The average molecular weight is 615 g/mol. The number of nitriles is 1. The number of anilines is 1. The van der Waals surface area contributed by atoms with Crippen LogP contribution in [0.1, 0.15) is 28.4 Å². The van der Waals surface area contributed by atoms with E-state index in [4.69, 9.17) is 39.5 Å². The number of nitrogens with zero attached hydrogens (tertiary/aromatic N) is 3. The van der Waals surface area contributed by atoms with Crippen LogP contribution in [0.4, 0.5) is 10.5 Å². The maximum Gasteiger partial charge on any atom is 0.414 e. The van der Waals surface area contributed by atoms with Crippen molar-refractivity contribution in [2.75, 3.05) is 18.6 Å². The van der Waals surface area contributed by atoms with E-state index in [1.165, 1.54) is 12.1 Å². The molecule has 0 radical (unpaired) electrons. The van der Waals surface area contributed by atoms with E-state index < -0.39 is 17.7 Å². The van der Waals surface area contributed by atoms with Crippen molar-refractivity contribution in [3.05, 3.63) is 86.4 Å². The fourth-order valence-corrected chi connectivity index (χ4v) is 4.63. The lowest BCUT2D eigenvalue weighted by atomic mass is 9.98. The zero-order valence-electron chi connectivity index (χ0n) is 21.5. The van der Waals surface area contributed by atoms with Crippen LogP contribution in [0.5, 0.6) is 11.5 Å². The Morgan fingerprint density at radius 2 is 1.78 bits per heavy atom. The topological polar surface area (TPSA) is 133 Å². The van der Waals surface area contributed by atoms with Gasteiger partial charge in [-0.05, 0) is 66.9 Å². The molecule has 1 aliphatic heterocycles. The zero-order valence-corrected chi connectivity index (χ0v) is 23.8. The van der Waals surface area contributed by atoms with Crippen molar-refractivity contribution in [2.24, 2.45) is 5.10 Å². The minimum Gasteiger partial charge on any atom is -0.454 e. The number of ether oxygens (including phenoxy) is 2. The van der Waals surface area contributed by atoms with E-state index in [2.05, 4.69) is 15.3 Å². The number of rotatable bonds is 8. The van der Waals surface area contributed by atoms with Gasteiger partial charge in [0.2, 0.25) is 5.71 Å². The van der Waals surface area contributed by atoms with Gasteiger partial charge in [-0.1, -0.05) is 46.9 Å². The predicted octanol–water partition coefficient (Wildman–Crippen LogP) is 6.20. The number of amides is 3. The van der Waals surface area contributed by atoms with Gasteiger partial charge in [-0.2, -0.15) is 10.4 Å². The summed E-state index contributed by atoms with van der Waals surface area (Å²) in [5, 5.41) is 15.6. The predicted molar refractivity (Wildman–Crippen MR) is 155 cm³/mol. The number of nitrogens with one attached hydrogen (secondary N) is 2. The molecule has 0 saturated carbocycles. The Labute approximate surface area is 250 Å². The lowest BCUT2D eigenvalue weighted by Crippen LogP contribution is -2.37. The Morgan fingerprint density at radius 3 is 2.44 bits per heavy atom. The number of hydrogen-bond acceptors (Lipinski definition) is 8. The van der Waals surface area contributed by atoms with E-state index >= 15 is 0 Å². The standard InChI is InChI=1S/C28H22Cl3N5O5/c1-2-40-28(39)33-26(37)24(14-32)35-34-19-12-22(30)25(23(31)13-19)41-20-7-8-21-17(11-20)9-10-36(27(21)38)15-16-3-5-18(29)6-4-16/h3-8,11-13,34H,2,9-10,15H2,1H3,(H,33,37,39). The molecule has 0 aliphatic carbocycles. The molecular formula is C28H22Cl3N5O5. The van der Waals surface area contributed by atoms with E-state index in [1.54, 1.807) is 48.2 Å². The van der Waals surface area contributed by atoms with Gasteiger partial charge in [0.1, 0.15) is 11.8 Å². The van der Waals surface area contributed by atoms with Gasteiger partial charge in [0, 0.05) is 23.7 Å². The number of alkyl carbamates (subject to hydrolysis) is 1. The molecule has 210 valence electrons. The Kier molecular flexibility index (Phi) is 9.68. The zero-order chi connectivity index (χ0) is 29.5. The molecule has 0 unspecified atom stereocenters. The Bertz CT molecular complexity index is 1550. The lowest BCUT2D eigenvalue weighted by molar-refractivity contribution is -0.114. The first-order valence-corrected chi connectivity index (χ1v) is 13.4. The number of hydrogen-bond donors (Lipinski definition) is 2. The minimum atomic E-state index is -1.05. The van der Waals surface area contributed by atoms with Gasteiger partial charge in [-0.25, -0.2) is 4.79 Å². The highest BCUT2D eigenvalue weighted by Crippen LogP contribution is 2.39. The molecule has 0 atom stereocenters. The van der Waals surface area contributed by atoms with Crippen LogP contribution in [0.3, 0.4) is 0 Å². The van der Waals surface area contributed by atoms with Crippen molar-refractivity contribution in [1.29, 1.82) is 5.26 Å². The van der Waals surface area contributed by atoms with Crippen LogP contribution in [0.15, 0.2) is 59.7 Å². The first kappa shape index (κ1) is 29.7. The highest BCUT2D eigenvalue weighted by molar-refractivity contribution is 6.47. The normalized spacial score (nSPS) is 12.7. The molecule has 2 N–H and O–H groups in total. The minimum absolute atomic E-state index is 0.0507. The van der Waals surface area contributed by atoms with E-state index in [0.29, 0.717) is 35.8 Å². The van der Waals surface area contributed by atoms with Crippen LogP contribution < -0.4 is 15.5 Å². The lowest BCUT2D eigenvalue weighted by Gasteiger charge is -2.29. The van der Waals surface area contributed by atoms with Crippen LogP contribution >= 0.6 is 34.8 Å². The number of benzene rings is 3. The third-order valence-electron chi connectivity index (χ3n) is 5.86. The number of imide groups is 1. The fraction of sp³-hybridized carbons (Fsp3) is 0.179. The van der Waals surface area contributed by atoms with Crippen molar-refractivity contribution in [2.45, 2.75) is 19.9 Å². The summed E-state index contributed by atoms with van der Waals surface area (Å²) < 4.78 is 10.6. The van der Waals surface area contributed by atoms with Crippen LogP contribution in [0, 0.1) is 11.3 Å². The van der Waals surface area contributed by atoms with Crippen LogP contribution in [-0.2, 0) is 22.5 Å². The van der Waals surface area contributed by atoms with Crippen molar-refractivity contribution in [3.63, 3.8) is 0 Å². The van der Waals surface area contributed by atoms with Gasteiger partial charge < -0.3 is 14.4 Å². The third kappa shape index (κ3) is 7.46. The Hall–Kier alpha value is -4.30. The molecule has 4 rings (SSSR count). The van der Waals surface area contributed by atoms with Gasteiger partial charge in [-0.15, -0.1) is 0 Å². The maximum atomic E-state index is 13.1. The SMILES string of the molecule is CCOC(=O)NC(=O)C(C#N)=NNc1cc(Cl)c(Oc2ccc3c(c2)CCN(Cc2ccc(Cl)cc2)C3=O)c(Cl)c1. The second kappa shape index (κ2) is 13.4. The summed E-state index contributed by atoms with van der Waals surface area (Å²) in [5.74, 6) is -0.524. The third-order valence-corrected chi connectivity index (χ3v) is 6.67. The van der Waals surface area contributed by atoms with Gasteiger partial charge >= 0.3 is 6.09 Å². The maximum absolute atomic E-state index is 13.1. The highest BCUT2D eigenvalue weighted by Gasteiger charge is 2.25. The summed E-state index contributed by atoms with van der Waals surface area (Å²) >= 11 is 18.8. The molecule has 0 fully saturated rings. The molecule has 3 aromatic rings. The first-order chi connectivity index (χ1) is 19.7. The monoisotopic (exact) mass is 613 g/mol. The first-order valence-electron chi connectivity index (χ1n) is 12.2. The molecule has 0 aromatic heterocycles. The van der Waals surface area contributed by atoms with Crippen LogP contribution in [0.25, 0.3) is 0 Å². The van der Waals surface area contributed by atoms with Crippen LogP contribution in [-0.4, -0.2) is 41.7 Å². The Morgan fingerprint density at radius 1 is 1.07 bits per heavy atom. The van der Waals surface area contributed by atoms with Crippen molar-refractivity contribution in [1.82, 2.24) is 10.2 Å².